The maximum Gasteiger partial charge on any atom is 0.268 e. The summed E-state index contributed by atoms with van der Waals surface area (Å²) < 4.78 is 19.1. The molecule has 2 aromatic heterocycles. The molecule has 0 spiro atoms. The van der Waals surface area contributed by atoms with E-state index in [9.17, 15) is 9.18 Å². The monoisotopic (exact) mass is 431 g/mol. The van der Waals surface area contributed by atoms with Crippen LogP contribution >= 0.6 is 11.3 Å². The molecule has 3 heterocycles. The van der Waals surface area contributed by atoms with Crippen molar-refractivity contribution in [3.8, 4) is 27.7 Å². The van der Waals surface area contributed by atoms with Crippen molar-refractivity contribution in [2.45, 2.75) is 19.6 Å². The van der Waals surface area contributed by atoms with E-state index >= 15 is 0 Å². The summed E-state index contributed by atoms with van der Waals surface area (Å²) in [6.45, 7) is 2.07. The Balaban J connectivity index is 1.51. The number of benzene rings is 2. The Kier molecular flexibility index (Phi) is 4.95. The van der Waals surface area contributed by atoms with Crippen LogP contribution in [0.25, 0.3) is 22.0 Å². The zero-order valence-electron chi connectivity index (χ0n) is 16.7. The van der Waals surface area contributed by atoms with E-state index in [0.717, 1.165) is 27.5 Å². The summed E-state index contributed by atoms with van der Waals surface area (Å²) in [5.41, 5.74) is 4.03. The SMILES string of the molecule is CC1Oc2ccc(-c3csc(-c4ccccn4)n3)cc2N(Cc2ccc(F)cc2)C1=O. The fraction of sp³-hybridized carbons (Fsp3) is 0.125. The highest BCUT2D eigenvalue weighted by Crippen LogP contribution is 2.39. The smallest absolute Gasteiger partial charge is 0.268 e. The molecule has 2 aromatic carbocycles. The molecule has 1 aliphatic rings. The number of hydrogen-bond donors (Lipinski definition) is 0. The van der Waals surface area contributed by atoms with E-state index in [1.807, 2.05) is 41.8 Å². The normalized spacial score (nSPS) is 15.5. The number of pyridine rings is 1. The van der Waals surface area contributed by atoms with Crippen LogP contribution in [-0.2, 0) is 11.3 Å². The van der Waals surface area contributed by atoms with Crippen molar-refractivity contribution in [3.05, 3.63) is 83.6 Å². The van der Waals surface area contributed by atoms with Gasteiger partial charge in [-0.25, -0.2) is 9.37 Å². The highest BCUT2D eigenvalue weighted by molar-refractivity contribution is 7.13. The maximum absolute atomic E-state index is 13.3. The van der Waals surface area contributed by atoms with Crippen LogP contribution in [0, 0.1) is 5.82 Å². The number of fused-ring (bicyclic) bond motifs is 1. The second-order valence-electron chi connectivity index (χ2n) is 7.25. The first-order valence-electron chi connectivity index (χ1n) is 9.82. The molecule has 0 radical (unpaired) electrons. The lowest BCUT2D eigenvalue weighted by Gasteiger charge is -2.33. The number of thiazole rings is 1. The quantitative estimate of drug-likeness (QED) is 0.439. The predicted octanol–water partition coefficient (Wildman–Crippen LogP) is 5.33. The average molecular weight is 431 g/mol. The van der Waals surface area contributed by atoms with Crippen LogP contribution in [-0.4, -0.2) is 22.0 Å². The van der Waals surface area contributed by atoms with Crippen molar-refractivity contribution in [2.75, 3.05) is 4.90 Å². The molecule has 1 unspecified atom stereocenters. The van der Waals surface area contributed by atoms with Crippen molar-refractivity contribution < 1.29 is 13.9 Å². The van der Waals surface area contributed by atoms with Gasteiger partial charge in [-0.3, -0.25) is 9.78 Å². The van der Waals surface area contributed by atoms with Gasteiger partial charge in [-0.15, -0.1) is 11.3 Å². The number of aromatic nitrogens is 2. The molecule has 7 heteroatoms. The summed E-state index contributed by atoms with van der Waals surface area (Å²) >= 11 is 1.52. The fourth-order valence-electron chi connectivity index (χ4n) is 3.52. The van der Waals surface area contributed by atoms with Crippen LogP contribution in [0.4, 0.5) is 10.1 Å². The van der Waals surface area contributed by atoms with Gasteiger partial charge in [0.15, 0.2) is 6.10 Å². The maximum atomic E-state index is 13.3. The van der Waals surface area contributed by atoms with Crippen LogP contribution in [0.1, 0.15) is 12.5 Å². The minimum absolute atomic E-state index is 0.138. The molecule has 0 bridgehead atoms. The second-order valence-corrected chi connectivity index (χ2v) is 8.10. The number of ether oxygens (including phenoxy) is 1. The van der Waals surface area contributed by atoms with Gasteiger partial charge in [0.1, 0.15) is 16.6 Å². The van der Waals surface area contributed by atoms with E-state index in [0.29, 0.717) is 18.0 Å². The number of anilines is 1. The minimum atomic E-state index is -0.589. The first kappa shape index (κ1) is 19.4. The first-order chi connectivity index (χ1) is 15.1. The van der Waals surface area contributed by atoms with Crippen molar-refractivity contribution in [2.24, 2.45) is 0 Å². The number of hydrogen-bond acceptors (Lipinski definition) is 5. The van der Waals surface area contributed by atoms with Gasteiger partial charge >= 0.3 is 0 Å². The Morgan fingerprint density at radius 1 is 1.10 bits per heavy atom. The van der Waals surface area contributed by atoms with Crippen molar-refractivity contribution in [1.29, 1.82) is 0 Å². The Hall–Kier alpha value is -3.58. The third-order valence-electron chi connectivity index (χ3n) is 5.11. The Morgan fingerprint density at radius 2 is 1.94 bits per heavy atom. The third kappa shape index (κ3) is 3.80. The lowest BCUT2D eigenvalue weighted by molar-refractivity contribution is -0.125. The highest BCUT2D eigenvalue weighted by atomic mass is 32.1. The molecule has 5 nitrogen and oxygen atoms in total. The fourth-order valence-corrected chi connectivity index (χ4v) is 4.32. The van der Waals surface area contributed by atoms with E-state index in [1.54, 1.807) is 30.2 Å². The Labute approximate surface area is 182 Å². The van der Waals surface area contributed by atoms with Crippen LogP contribution in [0.5, 0.6) is 5.75 Å². The van der Waals surface area contributed by atoms with Crippen molar-refractivity contribution >= 4 is 22.9 Å². The van der Waals surface area contributed by atoms with Crippen LogP contribution in [0.15, 0.2) is 72.2 Å². The Morgan fingerprint density at radius 3 is 2.71 bits per heavy atom. The van der Waals surface area contributed by atoms with Crippen LogP contribution < -0.4 is 9.64 Å². The van der Waals surface area contributed by atoms with E-state index in [2.05, 4.69) is 4.98 Å². The summed E-state index contributed by atoms with van der Waals surface area (Å²) in [4.78, 5) is 23.7. The molecule has 0 saturated heterocycles. The zero-order valence-corrected chi connectivity index (χ0v) is 17.5. The summed E-state index contributed by atoms with van der Waals surface area (Å²) in [6, 6.07) is 17.6. The topological polar surface area (TPSA) is 55.3 Å². The number of carbonyl (C=O) groups excluding carboxylic acids is 1. The molecule has 0 aliphatic carbocycles. The predicted molar refractivity (Wildman–Crippen MR) is 118 cm³/mol. The number of halogens is 1. The highest BCUT2D eigenvalue weighted by Gasteiger charge is 2.32. The standard InChI is InChI=1S/C24H18FN3O2S/c1-15-24(29)28(13-16-5-8-18(25)9-6-16)21-12-17(7-10-22(21)30-15)20-14-31-23(27-20)19-4-2-3-11-26-19/h2-12,14-15H,13H2,1H3. The Bertz CT molecular complexity index is 1240. The molecule has 1 aliphatic heterocycles. The molecule has 1 atom stereocenters. The van der Waals surface area contributed by atoms with Crippen LogP contribution in [0.3, 0.4) is 0 Å². The molecule has 31 heavy (non-hydrogen) atoms. The van der Waals surface area contributed by atoms with E-state index in [-0.39, 0.29) is 11.7 Å². The van der Waals surface area contributed by atoms with E-state index < -0.39 is 6.10 Å². The summed E-state index contributed by atoms with van der Waals surface area (Å²) in [5, 5.41) is 2.81. The van der Waals surface area contributed by atoms with E-state index in [4.69, 9.17) is 9.72 Å². The molecule has 0 N–H and O–H groups in total. The van der Waals surface area contributed by atoms with Gasteiger partial charge in [-0.05, 0) is 55.0 Å². The molecular formula is C24H18FN3O2S. The molecule has 154 valence electrons. The largest absolute Gasteiger partial charge is 0.479 e. The summed E-state index contributed by atoms with van der Waals surface area (Å²) in [6.07, 6.45) is 1.15. The van der Waals surface area contributed by atoms with Crippen molar-refractivity contribution in [1.82, 2.24) is 9.97 Å². The first-order valence-corrected chi connectivity index (χ1v) is 10.7. The lowest BCUT2D eigenvalue weighted by atomic mass is 10.1. The van der Waals surface area contributed by atoms with E-state index in [1.165, 1.54) is 23.5 Å². The molecule has 5 rings (SSSR count). The molecule has 1 amide bonds. The van der Waals surface area contributed by atoms with Gasteiger partial charge in [0.05, 0.1) is 23.6 Å². The van der Waals surface area contributed by atoms with Gasteiger partial charge in [0.25, 0.3) is 5.91 Å². The zero-order chi connectivity index (χ0) is 21.4. The lowest BCUT2D eigenvalue weighted by Crippen LogP contribution is -2.44. The molecule has 0 saturated carbocycles. The molecule has 0 fully saturated rings. The van der Waals surface area contributed by atoms with Gasteiger partial charge in [0.2, 0.25) is 0 Å². The minimum Gasteiger partial charge on any atom is -0.479 e. The number of carbonyl (C=O) groups is 1. The van der Waals surface area contributed by atoms with Crippen LogP contribution in [0.2, 0.25) is 0 Å². The van der Waals surface area contributed by atoms with Crippen molar-refractivity contribution in [3.63, 3.8) is 0 Å². The molecular weight excluding hydrogens is 413 g/mol. The van der Waals surface area contributed by atoms with Gasteiger partial charge in [-0.1, -0.05) is 18.2 Å². The van der Waals surface area contributed by atoms with Gasteiger partial charge in [-0.2, -0.15) is 0 Å². The van der Waals surface area contributed by atoms with Gasteiger partial charge in [0, 0.05) is 17.1 Å². The second kappa shape index (κ2) is 7.92. The summed E-state index contributed by atoms with van der Waals surface area (Å²) in [7, 11) is 0. The molecule has 4 aromatic rings. The number of amides is 1. The third-order valence-corrected chi connectivity index (χ3v) is 5.97. The summed E-state index contributed by atoms with van der Waals surface area (Å²) in [5.74, 6) is 0.194. The number of nitrogens with zero attached hydrogens (tertiary/aromatic N) is 3. The van der Waals surface area contributed by atoms with Gasteiger partial charge < -0.3 is 9.64 Å². The average Bonchev–Trinajstić information content (AvgIpc) is 3.29. The number of rotatable bonds is 4.